The molecule has 0 radical (unpaired) electrons. The molecule has 1 saturated heterocycles. The van der Waals surface area contributed by atoms with Gasteiger partial charge >= 0.3 is 0 Å². The van der Waals surface area contributed by atoms with Crippen LogP contribution in [0.15, 0.2) is 0 Å². The summed E-state index contributed by atoms with van der Waals surface area (Å²) in [5.74, 6) is 0.181. The van der Waals surface area contributed by atoms with Gasteiger partial charge in [-0.05, 0) is 17.3 Å². The van der Waals surface area contributed by atoms with Crippen LogP contribution < -0.4 is 11.1 Å². The Labute approximate surface area is 121 Å². The van der Waals surface area contributed by atoms with Crippen LogP contribution in [0, 0.1) is 22.2 Å². The van der Waals surface area contributed by atoms with E-state index in [0.717, 1.165) is 13.0 Å². The molecule has 20 heavy (non-hydrogen) atoms. The van der Waals surface area contributed by atoms with Gasteiger partial charge in [-0.25, -0.2) is 0 Å². The number of amides is 1. The van der Waals surface area contributed by atoms with Gasteiger partial charge in [0.05, 0.1) is 6.10 Å². The van der Waals surface area contributed by atoms with Crippen LogP contribution >= 0.6 is 0 Å². The number of ether oxygens (including phenoxy) is 1. The first kappa shape index (κ1) is 14.3. The van der Waals surface area contributed by atoms with E-state index in [1.165, 1.54) is 0 Å². The maximum atomic E-state index is 12.8. The topological polar surface area (TPSA) is 64.4 Å². The Hall–Kier alpha value is -0.610. The van der Waals surface area contributed by atoms with Gasteiger partial charge in [-0.15, -0.1) is 0 Å². The number of rotatable bonds is 2. The average Bonchev–Trinajstić information content (AvgIpc) is 2.77. The van der Waals surface area contributed by atoms with E-state index in [1.54, 1.807) is 0 Å². The third-order valence-electron chi connectivity index (χ3n) is 7.13. The van der Waals surface area contributed by atoms with E-state index in [0.29, 0.717) is 0 Å². The minimum atomic E-state index is -0.789. The van der Waals surface area contributed by atoms with Crippen molar-refractivity contribution in [1.29, 1.82) is 0 Å². The largest absolute Gasteiger partial charge is 0.377 e. The van der Waals surface area contributed by atoms with E-state index in [9.17, 15) is 4.79 Å². The van der Waals surface area contributed by atoms with Gasteiger partial charge in [0.1, 0.15) is 5.54 Å². The molecule has 1 heterocycles. The highest BCUT2D eigenvalue weighted by molar-refractivity contribution is 5.90. The summed E-state index contributed by atoms with van der Waals surface area (Å²) in [6, 6.07) is 0.208. The highest BCUT2D eigenvalue weighted by Gasteiger charge is 2.73. The third kappa shape index (κ3) is 1.32. The van der Waals surface area contributed by atoms with Gasteiger partial charge in [0.2, 0.25) is 5.91 Å². The number of fused-ring (bicyclic) bond motifs is 1. The first-order valence-electron chi connectivity index (χ1n) is 7.70. The van der Waals surface area contributed by atoms with Gasteiger partial charge in [-0.2, -0.15) is 0 Å². The molecule has 0 spiro atoms. The van der Waals surface area contributed by atoms with Crippen LogP contribution in [-0.2, 0) is 9.53 Å². The zero-order valence-electron chi connectivity index (χ0n) is 13.5. The fourth-order valence-electron chi connectivity index (χ4n) is 4.65. The van der Waals surface area contributed by atoms with Crippen LogP contribution in [0.4, 0.5) is 0 Å². The predicted octanol–water partition coefficient (Wildman–Crippen LogP) is 1.68. The van der Waals surface area contributed by atoms with Crippen molar-refractivity contribution < 1.29 is 9.53 Å². The summed E-state index contributed by atoms with van der Waals surface area (Å²) in [4.78, 5) is 12.8. The van der Waals surface area contributed by atoms with Gasteiger partial charge in [-0.1, -0.05) is 41.5 Å². The maximum absolute atomic E-state index is 12.8. The Morgan fingerprint density at radius 3 is 2.15 bits per heavy atom. The molecule has 0 bridgehead atoms. The lowest BCUT2D eigenvalue weighted by Gasteiger charge is -2.60. The molecule has 114 valence electrons. The fourth-order valence-corrected chi connectivity index (χ4v) is 4.65. The molecule has 3 N–H and O–H groups in total. The first-order chi connectivity index (χ1) is 8.99. The lowest BCUT2D eigenvalue weighted by molar-refractivity contribution is -0.175. The minimum absolute atomic E-state index is 0.0119. The number of hydrogen-bond acceptors (Lipinski definition) is 3. The van der Waals surface area contributed by atoms with E-state index >= 15 is 0 Å². The fraction of sp³-hybridized carbons (Fsp3) is 0.938. The summed E-state index contributed by atoms with van der Waals surface area (Å²) < 4.78 is 5.76. The number of carbonyl (C=O) groups is 1. The van der Waals surface area contributed by atoms with Crippen molar-refractivity contribution in [3.63, 3.8) is 0 Å². The Balaban J connectivity index is 1.78. The quantitative estimate of drug-likeness (QED) is 0.809. The SMILES string of the molecule is CC1(C)C(NC(=O)C2(N)C3CCOC3C2(C)C)C1(C)C. The van der Waals surface area contributed by atoms with E-state index in [1.807, 2.05) is 0 Å². The van der Waals surface area contributed by atoms with Crippen molar-refractivity contribution in [1.82, 2.24) is 5.32 Å². The minimum Gasteiger partial charge on any atom is -0.377 e. The smallest absolute Gasteiger partial charge is 0.241 e. The van der Waals surface area contributed by atoms with E-state index in [-0.39, 0.29) is 40.2 Å². The van der Waals surface area contributed by atoms with Crippen LogP contribution in [0.1, 0.15) is 48.0 Å². The molecule has 3 atom stereocenters. The second-order valence-electron chi connectivity index (χ2n) is 8.63. The van der Waals surface area contributed by atoms with Crippen molar-refractivity contribution >= 4 is 5.91 Å². The lowest BCUT2D eigenvalue weighted by Crippen LogP contribution is -2.80. The maximum Gasteiger partial charge on any atom is 0.241 e. The highest BCUT2D eigenvalue weighted by Crippen LogP contribution is 2.64. The Kier molecular flexibility index (Phi) is 2.57. The molecule has 3 unspecified atom stereocenters. The Morgan fingerprint density at radius 2 is 1.65 bits per heavy atom. The summed E-state index contributed by atoms with van der Waals surface area (Å²) in [5.41, 5.74) is 5.77. The van der Waals surface area contributed by atoms with Crippen molar-refractivity contribution in [3.8, 4) is 0 Å². The first-order valence-corrected chi connectivity index (χ1v) is 7.70. The summed E-state index contributed by atoms with van der Waals surface area (Å²) in [5, 5.41) is 3.23. The molecule has 4 nitrogen and oxygen atoms in total. The Morgan fingerprint density at radius 1 is 1.10 bits per heavy atom. The van der Waals surface area contributed by atoms with Crippen LogP contribution in [0.25, 0.3) is 0 Å². The van der Waals surface area contributed by atoms with Gasteiger partial charge in [-0.3, -0.25) is 4.79 Å². The molecule has 1 aliphatic heterocycles. The molecule has 2 aliphatic carbocycles. The van der Waals surface area contributed by atoms with Gasteiger partial charge in [0, 0.05) is 24.0 Å². The normalized spacial score (nSPS) is 43.5. The second kappa shape index (κ2) is 3.58. The van der Waals surface area contributed by atoms with E-state index in [2.05, 4.69) is 46.9 Å². The standard InChI is InChI=1S/C16H28N2O2/c1-13(2)10-9(7-8-20-10)16(13,17)12(19)18-11-14(3,4)15(11,5)6/h9-11H,7-8,17H2,1-6H3,(H,18,19). The van der Waals surface area contributed by atoms with Crippen LogP contribution in [0.3, 0.4) is 0 Å². The number of nitrogens with one attached hydrogen (secondary N) is 1. The molecule has 0 aromatic carbocycles. The zero-order valence-corrected chi connectivity index (χ0v) is 13.5. The van der Waals surface area contributed by atoms with Crippen LogP contribution in [0.5, 0.6) is 0 Å². The molecule has 3 aliphatic rings. The van der Waals surface area contributed by atoms with Gasteiger partial charge < -0.3 is 15.8 Å². The number of hydrogen-bond donors (Lipinski definition) is 2. The van der Waals surface area contributed by atoms with Crippen molar-refractivity contribution in [2.24, 2.45) is 27.9 Å². The predicted molar refractivity (Wildman–Crippen MR) is 78.0 cm³/mol. The van der Waals surface area contributed by atoms with Crippen LogP contribution in [-0.4, -0.2) is 30.2 Å². The van der Waals surface area contributed by atoms with Gasteiger partial charge in [0.15, 0.2) is 0 Å². The third-order valence-corrected chi connectivity index (χ3v) is 7.13. The molecule has 0 aromatic rings. The molecule has 3 rings (SSSR count). The van der Waals surface area contributed by atoms with Crippen molar-refractivity contribution in [3.05, 3.63) is 0 Å². The summed E-state index contributed by atoms with van der Waals surface area (Å²) >= 11 is 0. The molecule has 1 amide bonds. The summed E-state index contributed by atoms with van der Waals surface area (Å²) in [6.45, 7) is 13.7. The van der Waals surface area contributed by atoms with Crippen molar-refractivity contribution in [2.75, 3.05) is 6.61 Å². The van der Waals surface area contributed by atoms with E-state index < -0.39 is 5.54 Å². The van der Waals surface area contributed by atoms with E-state index in [4.69, 9.17) is 10.5 Å². The van der Waals surface area contributed by atoms with Crippen LogP contribution in [0.2, 0.25) is 0 Å². The zero-order chi connectivity index (χ0) is 15.1. The van der Waals surface area contributed by atoms with Gasteiger partial charge in [0.25, 0.3) is 0 Å². The highest BCUT2D eigenvalue weighted by atomic mass is 16.5. The Bertz CT molecular complexity index is 455. The molecule has 0 aromatic heterocycles. The monoisotopic (exact) mass is 280 g/mol. The summed E-state index contributed by atoms with van der Waals surface area (Å²) in [6.07, 6.45) is 1.04. The molecule has 4 heteroatoms. The average molecular weight is 280 g/mol. The molecule has 2 saturated carbocycles. The number of carbonyl (C=O) groups excluding carboxylic acids is 1. The second-order valence-corrected chi connectivity index (χ2v) is 8.63. The number of nitrogens with two attached hydrogens (primary N) is 1. The van der Waals surface area contributed by atoms with Crippen molar-refractivity contribution in [2.45, 2.75) is 65.6 Å². The molecular formula is C16H28N2O2. The molecule has 3 fully saturated rings. The lowest BCUT2D eigenvalue weighted by atomic mass is 9.48. The summed E-state index contributed by atoms with van der Waals surface area (Å²) in [7, 11) is 0. The molecular weight excluding hydrogens is 252 g/mol.